The smallest absolute Gasteiger partial charge is 0.227 e. The maximum absolute atomic E-state index is 12.4. The Bertz CT molecular complexity index is 528. The summed E-state index contributed by atoms with van der Waals surface area (Å²) in [7, 11) is 3.14. The molecule has 1 amide bonds. The number of nitrogens with one attached hydrogen (secondary N) is 1. The molecule has 124 valence electrons. The minimum atomic E-state index is -0.00463. The van der Waals surface area contributed by atoms with Crippen LogP contribution in [0.25, 0.3) is 0 Å². The number of carbonyl (C=O) groups is 1. The predicted molar refractivity (Wildman–Crippen MR) is 93.0 cm³/mol. The minimum absolute atomic E-state index is 0. The summed E-state index contributed by atoms with van der Waals surface area (Å²) in [6.45, 7) is 0.561. The van der Waals surface area contributed by atoms with Gasteiger partial charge in [-0.15, -0.1) is 12.4 Å². The molecule has 22 heavy (non-hydrogen) atoms. The fraction of sp³-hybridized carbons (Fsp3) is 0.533. The average Bonchev–Trinajstić information content (AvgIpc) is 2.97. The molecule has 5 nitrogen and oxygen atoms in total. The molecule has 0 unspecified atom stereocenters. The molecule has 0 radical (unpaired) electrons. The normalized spacial score (nSPS) is 20.2. The zero-order chi connectivity index (χ0) is 15.4. The molecule has 0 saturated heterocycles. The average molecular weight is 394 g/mol. The van der Waals surface area contributed by atoms with Gasteiger partial charge in [0.05, 0.1) is 19.9 Å². The van der Waals surface area contributed by atoms with E-state index in [2.05, 4.69) is 21.2 Å². The molecule has 0 aliphatic heterocycles. The van der Waals surface area contributed by atoms with Crippen LogP contribution in [0.3, 0.4) is 0 Å². The zero-order valence-electron chi connectivity index (χ0n) is 12.7. The Hall–Kier alpha value is -0.980. The number of anilines is 1. The third-order valence-electron chi connectivity index (χ3n) is 4.03. The van der Waals surface area contributed by atoms with E-state index in [9.17, 15) is 4.79 Å². The summed E-state index contributed by atoms with van der Waals surface area (Å²) in [6, 6.07) is 3.54. The topological polar surface area (TPSA) is 73.6 Å². The molecule has 3 N–H and O–H groups in total. The molecule has 1 aromatic carbocycles. The predicted octanol–water partition coefficient (Wildman–Crippen LogP) is 3.20. The van der Waals surface area contributed by atoms with Crippen LogP contribution in [0.1, 0.15) is 19.3 Å². The molecule has 1 aliphatic rings. The Morgan fingerprint density at radius 1 is 1.32 bits per heavy atom. The lowest BCUT2D eigenvalue weighted by molar-refractivity contribution is -0.120. The number of methoxy groups -OCH3 is 2. The molecule has 0 spiro atoms. The Labute approximate surface area is 145 Å². The lowest BCUT2D eigenvalue weighted by Crippen LogP contribution is -2.29. The first kappa shape index (κ1) is 19.1. The Kier molecular flexibility index (Phi) is 7.45. The first-order valence-electron chi connectivity index (χ1n) is 7.03. The molecule has 0 bridgehead atoms. The maximum atomic E-state index is 12.4. The van der Waals surface area contributed by atoms with Crippen molar-refractivity contribution in [3.63, 3.8) is 0 Å². The molecule has 1 aromatic rings. The monoisotopic (exact) mass is 392 g/mol. The SMILES string of the molecule is COc1cc(Br)c(NC(=O)[C@@H]2CCC[C@@H]2CN)cc1OC.Cl. The molecule has 0 aromatic heterocycles. The van der Waals surface area contributed by atoms with Gasteiger partial charge in [0.1, 0.15) is 0 Å². The van der Waals surface area contributed by atoms with Gasteiger partial charge in [-0.2, -0.15) is 0 Å². The largest absolute Gasteiger partial charge is 0.493 e. The summed E-state index contributed by atoms with van der Waals surface area (Å²) in [5.74, 6) is 1.50. The van der Waals surface area contributed by atoms with E-state index in [1.165, 1.54) is 0 Å². The van der Waals surface area contributed by atoms with Gasteiger partial charge in [-0.25, -0.2) is 0 Å². The van der Waals surface area contributed by atoms with E-state index in [0.717, 1.165) is 23.7 Å². The molecular formula is C15H22BrClN2O3. The van der Waals surface area contributed by atoms with Crippen molar-refractivity contribution in [3.05, 3.63) is 16.6 Å². The highest BCUT2D eigenvalue weighted by molar-refractivity contribution is 9.10. The van der Waals surface area contributed by atoms with Crippen LogP contribution in [0.2, 0.25) is 0 Å². The highest BCUT2D eigenvalue weighted by atomic mass is 79.9. The van der Waals surface area contributed by atoms with Gasteiger partial charge >= 0.3 is 0 Å². The summed E-state index contributed by atoms with van der Waals surface area (Å²) in [4.78, 5) is 12.4. The summed E-state index contributed by atoms with van der Waals surface area (Å²) >= 11 is 3.45. The van der Waals surface area contributed by atoms with Crippen molar-refractivity contribution in [1.29, 1.82) is 0 Å². The van der Waals surface area contributed by atoms with Crippen molar-refractivity contribution >= 4 is 39.9 Å². The Balaban J connectivity index is 0.00000242. The van der Waals surface area contributed by atoms with Crippen LogP contribution in [-0.4, -0.2) is 26.7 Å². The van der Waals surface area contributed by atoms with Crippen LogP contribution in [0.15, 0.2) is 16.6 Å². The van der Waals surface area contributed by atoms with Crippen molar-refractivity contribution in [2.75, 3.05) is 26.1 Å². The number of hydrogen-bond acceptors (Lipinski definition) is 4. The van der Waals surface area contributed by atoms with E-state index in [1.54, 1.807) is 26.4 Å². The van der Waals surface area contributed by atoms with Crippen LogP contribution in [0.5, 0.6) is 11.5 Å². The van der Waals surface area contributed by atoms with Crippen LogP contribution in [-0.2, 0) is 4.79 Å². The van der Waals surface area contributed by atoms with Gasteiger partial charge in [-0.3, -0.25) is 4.79 Å². The van der Waals surface area contributed by atoms with E-state index >= 15 is 0 Å². The number of halogens is 2. The third kappa shape index (κ3) is 4.06. The second-order valence-corrected chi connectivity index (χ2v) is 6.06. The highest BCUT2D eigenvalue weighted by Crippen LogP contribution is 2.37. The first-order chi connectivity index (χ1) is 10.1. The number of carbonyl (C=O) groups excluding carboxylic acids is 1. The number of benzene rings is 1. The van der Waals surface area contributed by atoms with Crippen molar-refractivity contribution in [2.24, 2.45) is 17.6 Å². The van der Waals surface area contributed by atoms with Gasteiger partial charge in [0.2, 0.25) is 5.91 Å². The molecule has 2 rings (SSSR count). The summed E-state index contributed by atoms with van der Waals surface area (Å²) < 4.78 is 11.3. The van der Waals surface area contributed by atoms with Crippen molar-refractivity contribution in [3.8, 4) is 11.5 Å². The van der Waals surface area contributed by atoms with Crippen LogP contribution >= 0.6 is 28.3 Å². The summed E-state index contributed by atoms with van der Waals surface area (Å²) in [5.41, 5.74) is 6.42. The van der Waals surface area contributed by atoms with Crippen molar-refractivity contribution < 1.29 is 14.3 Å². The van der Waals surface area contributed by atoms with Crippen LogP contribution in [0.4, 0.5) is 5.69 Å². The van der Waals surface area contributed by atoms with E-state index < -0.39 is 0 Å². The van der Waals surface area contributed by atoms with Crippen LogP contribution in [0, 0.1) is 11.8 Å². The van der Waals surface area contributed by atoms with E-state index in [-0.39, 0.29) is 30.2 Å². The van der Waals surface area contributed by atoms with E-state index in [1.807, 2.05) is 0 Å². The van der Waals surface area contributed by atoms with Crippen molar-refractivity contribution in [2.45, 2.75) is 19.3 Å². The second-order valence-electron chi connectivity index (χ2n) is 5.21. The zero-order valence-corrected chi connectivity index (χ0v) is 15.1. The Morgan fingerprint density at radius 2 is 1.95 bits per heavy atom. The summed E-state index contributed by atoms with van der Waals surface area (Å²) in [5, 5.41) is 2.97. The molecule has 1 aliphatic carbocycles. The van der Waals surface area contributed by atoms with Gasteiger partial charge in [0, 0.05) is 22.5 Å². The standard InChI is InChI=1S/C15H21BrN2O3.ClH/c1-20-13-6-11(16)12(7-14(13)21-2)18-15(19)10-5-3-4-9(10)8-17;/h6-7,9-10H,3-5,8,17H2,1-2H3,(H,18,19);1H/t9-,10-;/m1./s1. The van der Waals surface area contributed by atoms with E-state index in [4.69, 9.17) is 15.2 Å². The molecule has 1 saturated carbocycles. The molecule has 0 heterocycles. The fourth-order valence-electron chi connectivity index (χ4n) is 2.84. The van der Waals surface area contributed by atoms with Gasteiger partial charge in [-0.05, 0) is 41.2 Å². The molecule has 2 atom stereocenters. The van der Waals surface area contributed by atoms with Gasteiger partial charge in [-0.1, -0.05) is 6.42 Å². The molecule has 7 heteroatoms. The number of ether oxygens (including phenoxy) is 2. The number of hydrogen-bond donors (Lipinski definition) is 2. The van der Waals surface area contributed by atoms with Crippen molar-refractivity contribution in [1.82, 2.24) is 0 Å². The third-order valence-corrected chi connectivity index (χ3v) is 4.69. The first-order valence-corrected chi connectivity index (χ1v) is 7.82. The number of nitrogens with two attached hydrogens (primary N) is 1. The van der Waals surface area contributed by atoms with Gasteiger partial charge < -0.3 is 20.5 Å². The lowest BCUT2D eigenvalue weighted by Gasteiger charge is -2.19. The Morgan fingerprint density at radius 3 is 2.55 bits per heavy atom. The highest BCUT2D eigenvalue weighted by Gasteiger charge is 2.32. The number of amides is 1. The van der Waals surface area contributed by atoms with Gasteiger partial charge in [0.15, 0.2) is 11.5 Å². The molecule has 1 fully saturated rings. The number of rotatable bonds is 5. The quantitative estimate of drug-likeness (QED) is 0.805. The molecular weight excluding hydrogens is 372 g/mol. The summed E-state index contributed by atoms with van der Waals surface area (Å²) in [6.07, 6.45) is 2.99. The minimum Gasteiger partial charge on any atom is -0.493 e. The second kappa shape index (κ2) is 8.60. The fourth-order valence-corrected chi connectivity index (χ4v) is 3.26. The van der Waals surface area contributed by atoms with E-state index in [0.29, 0.717) is 23.7 Å². The van der Waals surface area contributed by atoms with Crippen LogP contribution < -0.4 is 20.5 Å². The van der Waals surface area contributed by atoms with Gasteiger partial charge in [0.25, 0.3) is 0 Å². The lowest BCUT2D eigenvalue weighted by atomic mass is 9.95. The maximum Gasteiger partial charge on any atom is 0.227 e.